The third-order valence-electron chi connectivity index (χ3n) is 2.37. The van der Waals surface area contributed by atoms with E-state index < -0.39 is 0 Å². The van der Waals surface area contributed by atoms with E-state index in [4.69, 9.17) is 10.5 Å². The van der Waals surface area contributed by atoms with Gasteiger partial charge in [0.1, 0.15) is 0 Å². The van der Waals surface area contributed by atoms with Crippen LogP contribution in [0, 0.1) is 5.82 Å². The topological polar surface area (TPSA) is 35.2 Å². The van der Waals surface area contributed by atoms with Crippen LogP contribution in [0.5, 0.6) is 5.75 Å². The number of benzene rings is 2. The first kappa shape index (κ1) is 10.5. The molecule has 0 fully saturated rings. The summed E-state index contributed by atoms with van der Waals surface area (Å²) in [5.41, 5.74) is 7.42. The predicted octanol–water partition coefficient (Wildman–Crippen LogP) is 3.08. The van der Waals surface area contributed by atoms with E-state index >= 15 is 0 Å². The Kier molecular flexibility index (Phi) is 2.77. The number of hydrogen-bond donors (Lipinski definition) is 1. The summed E-state index contributed by atoms with van der Waals surface area (Å²) < 4.78 is 18.9. The summed E-state index contributed by atoms with van der Waals surface area (Å²) >= 11 is 0. The van der Waals surface area contributed by atoms with Crippen LogP contribution in [0.15, 0.2) is 42.5 Å². The minimum atomic E-state index is -0.386. The second-order valence-electron chi connectivity index (χ2n) is 3.45. The van der Waals surface area contributed by atoms with Crippen molar-refractivity contribution >= 4 is 5.69 Å². The van der Waals surface area contributed by atoms with E-state index in [1.165, 1.54) is 13.2 Å². The molecule has 0 aliphatic carbocycles. The highest BCUT2D eigenvalue weighted by Crippen LogP contribution is 2.31. The molecular weight excluding hydrogens is 205 g/mol. The zero-order valence-electron chi connectivity index (χ0n) is 8.91. The molecule has 2 N–H and O–H groups in total. The lowest BCUT2D eigenvalue weighted by Crippen LogP contribution is -1.95. The van der Waals surface area contributed by atoms with Gasteiger partial charge in [0.15, 0.2) is 11.6 Å². The van der Waals surface area contributed by atoms with Crippen molar-refractivity contribution in [3.8, 4) is 16.9 Å². The van der Waals surface area contributed by atoms with Crippen molar-refractivity contribution in [2.75, 3.05) is 12.8 Å². The number of hydrogen-bond acceptors (Lipinski definition) is 2. The smallest absolute Gasteiger partial charge is 0.173 e. The van der Waals surface area contributed by atoms with Gasteiger partial charge in [0.2, 0.25) is 0 Å². The lowest BCUT2D eigenvalue weighted by atomic mass is 10.0. The largest absolute Gasteiger partial charge is 0.494 e. The molecule has 0 aliphatic rings. The van der Waals surface area contributed by atoms with Gasteiger partial charge in [-0.25, -0.2) is 4.39 Å². The summed E-state index contributed by atoms with van der Waals surface area (Å²) in [5, 5.41) is 0. The SMILES string of the molecule is COc1cc(N)cc(-c2ccccc2)c1F. The third-order valence-corrected chi connectivity index (χ3v) is 2.37. The highest BCUT2D eigenvalue weighted by molar-refractivity contribution is 5.70. The number of rotatable bonds is 2. The van der Waals surface area contributed by atoms with Crippen LogP contribution in [0.3, 0.4) is 0 Å². The Hall–Kier alpha value is -2.03. The van der Waals surface area contributed by atoms with E-state index in [1.807, 2.05) is 30.3 Å². The van der Waals surface area contributed by atoms with Crippen LogP contribution in [0.25, 0.3) is 11.1 Å². The molecule has 0 aliphatic heterocycles. The molecule has 3 heteroatoms. The number of nitrogens with two attached hydrogens (primary N) is 1. The minimum Gasteiger partial charge on any atom is -0.494 e. The zero-order valence-corrected chi connectivity index (χ0v) is 8.91. The molecule has 0 spiro atoms. The fourth-order valence-electron chi connectivity index (χ4n) is 1.60. The van der Waals surface area contributed by atoms with Crippen molar-refractivity contribution in [2.24, 2.45) is 0 Å². The molecule has 0 unspecified atom stereocenters. The second kappa shape index (κ2) is 4.23. The van der Waals surface area contributed by atoms with Gasteiger partial charge in [-0.2, -0.15) is 0 Å². The summed E-state index contributed by atoms with van der Waals surface area (Å²) in [6.45, 7) is 0. The van der Waals surface area contributed by atoms with E-state index in [-0.39, 0.29) is 11.6 Å². The van der Waals surface area contributed by atoms with Crippen LogP contribution in [0.1, 0.15) is 0 Å². The summed E-state index contributed by atoms with van der Waals surface area (Å²) in [7, 11) is 1.42. The molecule has 0 aromatic heterocycles. The summed E-state index contributed by atoms with van der Waals surface area (Å²) in [4.78, 5) is 0. The van der Waals surface area contributed by atoms with Gasteiger partial charge < -0.3 is 10.5 Å². The van der Waals surface area contributed by atoms with Crippen LogP contribution in [0.2, 0.25) is 0 Å². The quantitative estimate of drug-likeness (QED) is 0.784. The predicted molar refractivity (Wildman–Crippen MR) is 62.8 cm³/mol. The van der Waals surface area contributed by atoms with Gasteiger partial charge >= 0.3 is 0 Å². The summed E-state index contributed by atoms with van der Waals surface area (Å²) in [6.07, 6.45) is 0. The fraction of sp³-hybridized carbons (Fsp3) is 0.0769. The van der Waals surface area contributed by atoms with E-state index in [1.54, 1.807) is 6.07 Å². The molecule has 0 heterocycles. The van der Waals surface area contributed by atoms with Crippen molar-refractivity contribution in [3.05, 3.63) is 48.3 Å². The summed E-state index contributed by atoms with van der Waals surface area (Å²) in [6, 6.07) is 12.3. The molecule has 0 bridgehead atoms. The fourth-order valence-corrected chi connectivity index (χ4v) is 1.60. The molecule has 16 heavy (non-hydrogen) atoms. The first-order valence-electron chi connectivity index (χ1n) is 4.91. The molecule has 82 valence electrons. The molecule has 2 rings (SSSR count). The van der Waals surface area contributed by atoms with E-state index in [0.717, 1.165) is 5.56 Å². The normalized spacial score (nSPS) is 10.1. The van der Waals surface area contributed by atoms with E-state index in [2.05, 4.69) is 0 Å². The van der Waals surface area contributed by atoms with Crippen LogP contribution < -0.4 is 10.5 Å². The molecule has 0 atom stereocenters. The Morgan fingerprint density at radius 3 is 2.44 bits per heavy atom. The van der Waals surface area contributed by atoms with Crippen molar-refractivity contribution in [3.63, 3.8) is 0 Å². The van der Waals surface area contributed by atoms with Gasteiger partial charge in [-0.05, 0) is 11.6 Å². The van der Waals surface area contributed by atoms with Gasteiger partial charge in [-0.15, -0.1) is 0 Å². The molecule has 2 nitrogen and oxygen atoms in total. The van der Waals surface area contributed by atoms with Gasteiger partial charge in [-0.3, -0.25) is 0 Å². The number of anilines is 1. The highest BCUT2D eigenvalue weighted by Gasteiger charge is 2.11. The maximum atomic E-state index is 14.0. The zero-order chi connectivity index (χ0) is 11.5. The molecule has 2 aromatic carbocycles. The van der Waals surface area contributed by atoms with Crippen LogP contribution in [-0.4, -0.2) is 7.11 Å². The number of halogens is 1. The monoisotopic (exact) mass is 217 g/mol. The number of methoxy groups -OCH3 is 1. The minimum absolute atomic E-state index is 0.166. The number of nitrogen functional groups attached to an aromatic ring is 1. The van der Waals surface area contributed by atoms with Gasteiger partial charge in [-0.1, -0.05) is 30.3 Å². The second-order valence-corrected chi connectivity index (χ2v) is 3.45. The average molecular weight is 217 g/mol. The highest BCUT2D eigenvalue weighted by atomic mass is 19.1. The van der Waals surface area contributed by atoms with Gasteiger partial charge in [0, 0.05) is 17.3 Å². The van der Waals surface area contributed by atoms with Crippen molar-refractivity contribution in [1.82, 2.24) is 0 Å². The Labute approximate surface area is 93.5 Å². The van der Waals surface area contributed by atoms with Gasteiger partial charge in [0.05, 0.1) is 7.11 Å². The maximum absolute atomic E-state index is 14.0. The molecule has 0 amide bonds. The average Bonchev–Trinajstić information content (AvgIpc) is 2.33. The van der Waals surface area contributed by atoms with Crippen LogP contribution in [-0.2, 0) is 0 Å². The molecular formula is C13H12FNO. The van der Waals surface area contributed by atoms with Gasteiger partial charge in [0.25, 0.3) is 0 Å². The van der Waals surface area contributed by atoms with Crippen molar-refractivity contribution < 1.29 is 9.13 Å². The summed E-state index contributed by atoms with van der Waals surface area (Å²) in [5.74, 6) is -0.221. The van der Waals surface area contributed by atoms with Crippen LogP contribution in [0.4, 0.5) is 10.1 Å². The van der Waals surface area contributed by atoms with E-state index in [0.29, 0.717) is 11.3 Å². The molecule has 0 saturated carbocycles. The number of ether oxygens (including phenoxy) is 1. The molecule has 0 radical (unpaired) electrons. The third kappa shape index (κ3) is 1.84. The first-order chi connectivity index (χ1) is 7.72. The first-order valence-corrected chi connectivity index (χ1v) is 4.91. The standard InChI is InChI=1S/C13H12FNO/c1-16-12-8-10(15)7-11(13(12)14)9-5-3-2-4-6-9/h2-8H,15H2,1H3. The van der Waals surface area contributed by atoms with Crippen molar-refractivity contribution in [1.29, 1.82) is 0 Å². The van der Waals surface area contributed by atoms with E-state index in [9.17, 15) is 4.39 Å². The van der Waals surface area contributed by atoms with Crippen LogP contribution >= 0.6 is 0 Å². The Morgan fingerprint density at radius 1 is 1.12 bits per heavy atom. The Balaban J connectivity index is 2.61. The molecule has 0 saturated heterocycles. The maximum Gasteiger partial charge on any atom is 0.173 e. The lowest BCUT2D eigenvalue weighted by Gasteiger charge is -2.09. The molecule has 2 aromatic rings. The lowest BCUT2D eigenvalue weighted by molar-refractivity contribution is 0.387. The Bertz CT molecular complexity index is 497. The Morgan fingerprint density at radius 2 is 1.81 bits per heavy atom. The van der Waals surface area contributed by atoms with Crippen molar-refractivity contribution in [2.45, 2.75) is 0 Å².